The Balaban J connectivity index is 2.56. The summed E-state index contributed by atoms with van der Waals surface area (Å²) >= 11 is 0. The highest BCUT2D eigenvalue weighted by Crippen LogP contribution is 2.24. The summed E-state index contributed by atoms with van der Waals surface area (Å²) in [6.45, 7) is 0.962. The number of rotatable bonds is 5. The molecule has 3 N–H and O–H groups in total. The molecule has 0 amide bonds. The van der Waals surface area contributed by atoms with Crippen LogP contribution in [0.15, 0.2) is 35.4 Å². The molecule has 1 atom stereocenters. The van der Waals surface area contributed by atoms with Crippen molar-refractivity contribution in [1.82, 2.24) is 9.71 Å². The van der Waals surface area contributed by atoms with Crippen molar-refractivity contribution in [2.24, 2.45) is 0 Å². The van der Waals surface area contributed by atoms with E-state index >= 15 is 0 Å². The van der Waals surface area contributed by atoms with Crippen LogP contribution in [0.4, 0.5) is 0 Å². The topological polar surface area (TPSA) is 117 Å². The van der Waals surface area contributed by atoms with Crippen LogP contribution in [-0.2, 0) is 14.8 Å². The summed E-state index contributed by atoms with van der Waals surface area (Å²) < 4.78 is 26.6. The largest absolute Gasteiger partial charge is 0.480 e. The Morgan fingerprint density at radius 2 is 2.10 bits per heavy atom. The van der Waals surface area contributed by atoms with Gasteiger partial charge in [-0.1, -0.05) is 6.07 Å². The van der Waals surface area contributed by atoms with Crippen LogP contribution < -0.4 is 4.72 Å². The van der Waals surface area contributed by atoms with Crippen LogP contribution in [-0.4, -0.2) is 42.2 Å². The minimum Gasteiger partial charge on any atom is -0.480 e. The molecule has 0 saturated heterocycles. The highest BCUT2D eigenvalue weighted by molar-refractivity contribution is 7.89. The number of fused-ring (bicyclic) bond motifs is 1. The Hall–Kier alpha value is -2.03. The van der Waals surface area contributed by atoms with Gasteiger partial charge in [-0.25, -0.2) is 8.42 Å². The van der Waals surface area contributed by atoms with Crippen LogP contribution in [0.2, 0.25) is 0 Å². The van der Waals surface area contributed by atoms with Gasteiger partial charge in [-0.15, -0.1) is 0 Å². The molecule has 112 valence electrons. The van der Waals surface area contributed by atoms with Crippen LogP contribution >= 0.6 is 0 Å². The summed E-state index contributed by atoms with van der Waals surface area (Å²) in [4.78, 5) is 14.9. The third-order valence-electron chi connectivity index (χ3n) is 3.00. The molecule has 8 heteroatoms. The van der Waals surface area contributed by atoms with Crippen molar-refractivity contribution in [2.45, 2.75) is 17.9 Å². The van der Waals surface area contributed by atoms with Crippen molar-refractivity contribution >= 4 is 26.9 Å². The normalized spacial score (nSPS) is 13.2. The SMILES string of the molecule is Cc1ccc(S(=O)(=O)N[C@H](CO)C(=O)O)c2cccnc12. The van der Waals surface area contributed by atoms with Crippen molar-refractivity contribution in [3.63, 3.8) is 0 Å². The van der Waals surface area contributed by atoms with Gasteiger partial charge in [0.15, 0.2) is 0 Å². The first-order valence-corrected chi connectivity index (χ1v) is 7.55. The third kappa shape index (κ3) is 3.02. The van der Waals surface area contributed by atoms with Gasteiger partial charge >= 0.3 is 5.97 Å². The van der Waals surface area contributed by atoms with Crippen LogP contribution in [0.3, 0.4) is 0 Å². The number of carbonyl (C=O) groups is 1. The van der Waals surface area contributed by atoms with Crippen molar-refractivity contribution in [2.75, 3.05) is 6.61 Å². The van der Waals surface area contributed by atoms with E-state index in [-0.39, 0.29) is 4.90 Å². The van der Waals surface area contributed by atoms with Gasteiger partial charge < -0.3 is 10.2 Å². The fourth-order valence-electron chi connectivity index (χ4n) is 1.94. The maximum Gasteiger partial charge on any atom is 0.324 e. The standard InChI is InChI=1S/C13H14N2O5S/c1-8-4-5-11(9-3-2-6-14-12(8)9)21(19,20)15-10(7-16)13(17)18/h2-6,10,15-16H,7H2,1H3,(H,17,18)/t10-/m1/s1. The van der Waals surface area contributed by atoms with E-state index < -0.39 is 28.6 Å². The number of carboxylic acids is 1. The average molecular weight is 310 g/mol. The lowest BCUT2D eigenvalue weighted by atomic mass is 10.1. The Labute approximate surface area is 121 Å². The van der Waals surface area contributed by atoms with Crippen LogP contribution in [0.5, 0.6) is 0 Å². The molecule has 1 aromatic heterocycles. The number of carboxylic acid groups (broad SMARTS) is 1. The smallest absolute Gasteiger partial charge is 0.324 e. The summed E-state index contributed by atoms with van der Waals surface area (Å²) in [5.74, 6) is -1.45. The molecule has 7 nitrogen and oxygen atoms in total. The number of nitrogens with zero attached hydrogens (tertiary/aromatic N) is 1. The molecule has 2 aromatic rings. The molecule has 1 aromatic carbocycles. The van der Waals surface area contributed by atoms with Gasteiger partial charge in [-0.3, -0.25) is 9.78 Å². The zero-order chi connectivity index (χ0) is 15.6. The summed E-state index contributed by atoms with van der Waals surface area (Å²) in [5, 5.41) is 18.2. The summed E-state index contributed by atoms with van der Waals surface area (Å²) in [7, 11) is -4.09. The van der Waals surface area contributed by atoms with E-state index in [0.717, 1.165) is 5.56 Å². The first-order valence-electron chi connectivity index (χ1n) is 6.07. The van der Waals surface area contributed by atoms with Crippen molar-refractivity contribution < 1.29 is 23.4 Å². The van der Waals surface area contributed by atoms with E-state index in [2.05, 4.69) is 4.98 Å². The predicted octanol–water partition coefficient (Wildman–Crippen LogP) is 0.267. The van der Waals surface area contributed by atoms with E-state index in [1.165, 1.54) is 6.07 Å². The van der Waals surface area contributed by atoms with Crippen molar-refractivity contribution in [1.29, 1.82) is 0 Å². The number of hydrogen-bond donors (Lipinski definition) is 3. The average Bonchev–Trinajstić information content (AvgIpc) is 2.45. The Kier molecular flexibility index (Phi) is 4.21. The second kappa shape index (κ2) is 5.76. The molecule has 0 fully saturated rings. The number of nitrogens with one attached hydrogen (secondary N) is 1. The summed E-state index contributed by atoms with van der Waals surface area (Å²) in [6, 6.07) is 4.58. The molecule has 0 saturated carbocycles. The molecule has 0 aliphatic heterocycles. The van der Waals surface area contributed by atoms with E-state index in [1.54, 1.807) is 31.3 Å². The molecule has 0 aliphatic rings. The lowest BCUT2D eigenvalue weighted by Crippen LogP contribution is -2.43. The number of aliphatic hydroxyl groups excluding tert-OH is 1. The van der Waals surface area contributed by atoms with Crippen molar-refractivity contribution in [3.05, 3.63) is 36.0 Å². The Bertz CT molecular complexity index is 788. The highest BCUT2D eigenvalue weighted by Gasteiger charge is 2.26. The maximum absolute atomic E-state index is 12.3. The number of aromatic nitrogens is 1. The van der Waals surface area contributed by atoms with Gasteiger partial charge in [0, 0.05) is 11.6 Å². The monoisotopic (exact) mass is 310 g/mol. The molecule has 2 rings (SSSR count). The molecule has 0 aliphatic carbocycles. The fourth-order valence-corrected chi connectivity index (χ4v) is 3.32. The first kappa shape index (κ1) is 15.4. The van der Waals surface area contributed by atoms with Gasteiger partial charge in [0.05, 0.1) is 17.0 Å². The van der Waals surface area contributed by atoms with Gasteiger partial charge in [-0.2, -0.15) is 4.72 Å². The molecular formula is C13H14N2O5S. The number of hydrogen-bond acceptors (Lipinski definition) is 5. The molecule has 0 spiro atoms. The van der Waals surface area contributed by atoms with Gasteiger partial charge in [0.1, 0.15) is 6.04 Å². The molecule has 1 heterocycles. The van der Waals surface area contributed by atoms with Gasteiger partial charge in [-0.05, 0) is 30.7 Å². The van der Waals surface area contributed by atoms with Crippen molar-refractivity contribution in [3.8, 4) is 0 Å². The van der Waals surface area contributed by atoms with E-state index in [4.69, 9.17) is 10.2 Å². The van der Waals surface area contributed by atoms with Crippen LogP contribution in [0, 0.1) is 6.92 Å². The number of benzene rings is 1. The first-order chi connectivity index (χ1) is 9.86. The second-order valence-electron chi connectivity index (χ2n) is 4.47. The quantitative estimate of drug-likeness (QED) is 0.729. The molecule has 0 radical (unpaired) electrons. The third-order valence-corrected chi connectivity index (χ3v) is 4.53. The molecule has 21 heavy (non-hydrogen) atoms. The fraction of sp³-hybridized carbons (Fsp3) is 0.231. The number of aliphatic carboxylic acids is 1. The molecule has 0 bridgehead atoms. The lowest BCUT2D eigenvalue weighted by molar-refractivity contribution is -0.139. The van der Waals surface area contributed by atoms with Gasteiger partial charge in [0.25, 0.3) is 0 Å². The number of aryl methyl sites for hydroxylation is 1. The Morgan fingerprint density at radius 3 is 2.71 bits per heavy atom. The van der Waals surface area contributed by atoms with E-state index in [9.17, 15) is 13.2 Å². The summed E-state index contributed by atoms with van der Waals surface area (Å²) in [5.41, 5.74) is 1.33. The number of sulfonamides is 1. The highest BCUT2D eigenvalue weighted by atomic mass is 32.2. The summed E-state index contributed by atoms with van der Waals surface area (Å²) in [6.07, 6.45) is 1.55. The van der Waals surface area contributed by atoms with E-state index in [0.29, 0.717) is 10.9 Å². The minimum atomic E-state index is -4.09. The second-order valence-corrected chi connectivity index (χ2v) is 6.16. The minimum absolute atomic E-state index is 0.0732. The number of pyridine rings is 1. The number of aliphatic hydroxyl groups is 1. The Morgan fingerprint density at radius 1 is 1.38 bits per heavy atom. The predicted molar refractivity (Wildman–Crippen MR) is 75.3 cm³/mol. The zero-order valence-electron chi connectivity index (χ0n) is 11.1. The molecular weight excluding hydrogens is 296 g/mol. The van der Waals surface area contributed by atoms with E-state index in [1.807, 2.05) is 4.72 Å². The zero-order valence-corrected chi connectivity index (χ0v) is 12.0. The lowest BCUT2D eigenvalue weighted by Gasteiger charge is -2.14. The van der Waals surface area contributed by atoms with Crippen LogP contribution in [0.25, 0.3) is 10.9 Å². The maximum atomic E-state index is 12.3. The van der Waals surface area contributed by atoms with Gasteiger partial charge in [0.2, 0.25) is 10.0 Å². The van der Waals surface area contributed by atoms with Crippen LogP contribution in [0.1, 0.15) is 5.56 Å². The molecule has 0 unspecified atom stereocenters.